The summed E-state index contributed by atoms with van der Waals surface area (Å²) in [7, 11) is -1.22. The molecule has 0 bridgehead atoms. The van der Waals surface area contributed by atoms with E-state index in [0.29, 0.717) is 6.04 Å². The standard InChI is InChI=1S/C16H37NSi/c1-8-9-10-11-12-13-14-17(15(2)3)18(6,7)16(4)5/h15-16H,8-14H2,1-7H3. The Balaban J connectivity index is 4.07. The predicted octanol–water partition coefficient (Wildman–Crippen LogP) is 5.67. The van der Waals surface area contributed by atoms with Crippen LogP contribution in [0.25, 0.3) is 0 Å². The van der Waals surface area contributed by atoms with Crippen LogP contribution in [0, 0.1) is 0 Å². The average molecular weight is 272 g/mol. The molecule has 0 aliphatic rings. The maximum atomic E-state index is 2.83. The van der Waals surface area contributed by atoms with Crippen LogP contribution in [0.1, 0.15) is 73.1 Å². The quantitative estimate of drug-likeness (QED) is 0.365. The van der Waals surface area contributed by atoms with E-state index in [-0.39, 0.29) is 0 Å². The molecule has 0 aromatic heterocycles. The maximum Gasteiger partial charge on any atom is 0.125 e. The fourth-order valence-electron chi connectivity index (χ4n) is 2.61. The first kappa shape index (κ1) is 18.2. The van der Waals surface area contributed by atoms with Crippen LogP contribution in [0.2, 0.25) is 18.6 Å². The Hall–Kier alpha value is 0.177. The van der Waals surface area contributed by atoms with Crippen LogP contribution in [0.3, 0.4) is 0 Å². The zero-order valence-corrected chi connectivity index (χ0v) is 15.1. The van der Waals surface area contributed by atoms with Crippen LogP contribution in [-0.2, 0) is 0 Å². The number of nitrogens with zero attached hydrogens (tertiary/aromatic N) is 1. The lowest BCUT2D eigenvalue weighted by Crippen LogP contribution is -2.54. The van der Waals surface area contributed by atoms with Gasteiger partial charge in [0.25, 0.3) is 0 Å². The summed E-state index contributed by atoms with van der Waals surface area (Å²) in [5.41, 5.74) is 0.847. The second-order valence-electron chi connectivity index (χ2n) is 6.86. The van der Waals surface area contributed by atoms with Gasteiger partial charge in [0.2, 0.25) is 0 Å². The molecule has 0 saturated carbocycles. The number of hydrogen-bond acceptors (Lipinski definition) is 1. The Bertz CT molecular complexity index is 199. The van der Waals surface area contributed by atoms with Gasteiger partial charge in [-0.1, -0.05) is 79.8 Å². The van der Waals surface area contributed by atoms with E-state index >= 15 is 0 Å². The molecule has 0 fully saturated rings. The highest BCUT2D eigenvalue weighted by molar-refractivity contribution is 6.76. The molecular weight excluding hydrogens is 234 g/mol. The smallest absolute Gasteiger partial charge is 0.125 e. The number of rotatable bonds is 10. The molecule has 0 rings (SSSR count). The summed E-state index contributed by atoms with van der Waals surface area (Å²) in [6, 6.07) is 0.713. The molecule has 2 heteroatoms. The van der Waals surface area contributed by atoms with Crippen molar-refractivity contribution < 1.29 is 0 Å². The van der Waals surface area contributed by atoms with Gasteiger partial charge in [-0.2, -0.15) is 0 Å². The van der Waals surface area contributed by atoms with Gasteiger partial charge in [-0.25, -0.2) is 0 Å². The number of hydrogen-bond donors (Lipinski definition) is 0. The second-order valence-corrected chi connectivity index (χ2v) is 11.9. The third kappa shape index (κ3) is 6.37. The van der Waals surface area contributed by atoms with Crippen molar-refractivity contribution in [3.05, 3.63) is 0 Å². The van der Waals surface area contributed by atoms with Crippen LogP contribution in [0.5, 0.6) is 0 Å². The Morgan fingerprint density at radius 1 is 0.833 bits per heavy atom. The minimum Gasteiger partial charge on any atom is -0.321 e. The Kier molecular flexibility index (Phi) is 9.23. The van der Waals surface area contributed by atoms with E-state index in [2.05, 4.69) is 52.3 Å². The van der Waals surface area contributed by atoms with Crippen molar-refractivity contribution in [2.24, 2.45) is 0 Å². The van der Waals surface area contributed by atoms with Gasteiger partial charge < -0.3 is 4.57 Å². The van der Waals surface area contributed by atoms with Crippen LogP contribution >= 0.6 is 0 Å². The topological polar surface area (TPSA) is 3.24 Å². The van der Waals surface area contributed by atoms with Gasteiger partial charge >= 0.3 is 0 Å². The molecule has 0 amide bonds. The van der Waals surface area contributed by atoms with Crippen LogP contribution < -0.4 is 0 Å². The molecule has 0 N–H and O–H groups in total. The van der Waals surface area contributed by atoms with Crippen LogP contribution in [0.15, 0.2) is 0 Å². The molecule has 18 heavy (non-hydrogen) atoms. The van der Waals surface area contributed by atoms with Crippen molar-refractivity contribution in [3.63, 3.8) is 0 Å². The zero-order valence-electron chi connectivity index (χ0n) is 14.1. The second kappa shape index (κ2) is 9.14. The molecule has 0 aliphatic carbocycles. The Morgan fingerprint density at radius 2 is 1.33 bits per heavy atom. The SMILES string of the molecule is CCCCCCCCN(C(C)C)[Si](C)(C)C(C)C. The highest BCUT2D eigenvalue weighted by Crippen LogP contribution is 2.27. The average Bonchev–Trinajstić information content (AvgIpc) is 2.26. The summed E-state index contributed by atoms with van der Waals surface area (Å²) in [4.78, 5) is 0. The van der Waals surface area contributed by atoms with Gasteiger partial charge in [-0.15, -0.1) is 0 Å². The van der Waals surface area contributed by atoms with Crippen molar-refractivity contribution in [3.8, 4) is 0 Å². The van der Waals surface area contributed by atoms with E-state index in [0.717, 1.165) is 5.54 Å². The minimum absolute atomic E-state index is 0.713. The molecule has 0 aromatic rings. The van der Waals surface area contributed by atoms with Gasteiger partial charge in [0, 0.05) is 0 Å². The van der Waals surface area contributed by atoms with E-state index < -0.39 is 8.24 Å². The third-order valence-corrected chi connectivity index (χ3v) is 9.58. The molecule has 0 atom stereocenters. The molecule has 0 spiro atoms. The fraction of sp³-hybridized carbons (Fsp3) is 1.00. The van der Waals surface area contributed by atoms with Crippen molar-refractivity contribution in [2.75, 3.05) is 6.54 Å². The van der Waals surface area contributed by atoms with E-state index in [1.165, 1.54) is 45.1 Å². The normalized spacial score (nSPS) is 13.0. The fourth-order valence-corrected chi connectivity index (χ4v) is 5.33. The maximum absolute atomic E-state index is 2.83. The molecule has 0 heterocycles. The van der Waals surface area contributed by atoms with Crippen molar-refractivity contribution in [2.45, 2.75) is 97.8 Å². The molecule has 110 valence electrons. The molecule has 0 radical (unpaired) electrons. The molecule has 0 saturated heterocycles. The lowest BCUT2D eigenvalue weighted by atomic mass is 10.1. The Morgan fingerprint density at radius 3 is 1.78 bits per heavy atom. The first-order valence-electron chi connectivity index (χ1n) is 8.10. The lowest BCUT2D eigenvalue weighted by molar-refractivity contribution is 0.335. The van der Waals surface area contributed by atoms with Crippen LogP contribution in [-0.4, -0.2) is 25.4 Å². The van der Waals surface area contributed by atoms with Crippen molar-refractivity contribution in [1.29, 1.82) is 0 Å². The summed E-state index contributed by atoms with van der Waals surface area (Å²) in [6.45, 7) is 18.2. The summed E-state index contributed by atoms with van der Waals surface area (Å²) in [5.74, 6) is 0. The van der Waals surface area contributed by atoms with Gasteiger partial charge in [-0.3, -0.25) is 0 Å². The molecular formula is C16H37NSi. The van der Waals surface area contributed by atoms with E-state index in [1.807, 2.05) is 0 Å². The lowest BCUT2D eigenvalue weighted by Gasteiger charge is -2.43. The summed E-state index contributed by atoms with van der Waals surface area (Å²) in [6.07, 6.45) is 8.45. The summed E-state index contributed by atoms with van der Waals surface area (Å²) < 4.78 is 2.83. The molecule has 0 unspecified atom stereocenters. The van der Waals surface area contributed by atoms with Gasteiger partial charge in [0.1, 0.15) is 8.24 Å². The molecule has 0 aromatic carbocycles. The first-order valence-corrected chi connectivity index (χ1v) is 11.1. The van der Waals surface area contributed by atoms with Crippen molar-refractivity contribution >= 4 is 8.24 Å². The van der Waals surface area contributed by atoms with Gasteiger partial charge in [0.05, 0.1) is 0 Å². The third-order valence-electron chi connectivity index (χ3n) is 4.53. The number of unbranched alkanes of at least 4 members (excludes halogenated alkanes) is 5. The predicted molar refractivity (Wildman–Crippen MR) is 87.8 cm³/mol. The summed E-state index contributed by atoms with van der Waals surface area (Å²) in [5, 5.41) is 0. The summed E-state index contributed by atoms with van der Waals surface area (Å²) >= 11 is 0. The minimum atomic E-state index is -1.22. The van der Waals surface area contributed by atoms with Crippen molar-refractivity contribution in [1.82, 2.24) is 4.57 Å². The largest absolute Gasteiger partial charge is 0.321 e. The monoisotopic (exact) mass is 271 g/mol. The molecule has 1 nitrogen and oxygen atoms in total. The molecule has 0 aliphatic heterocycles. The van der Waals surface area contributed by atoms with Gasteiger partial charge in [0.15, 0.2) is 0 Å². The van der Waals surface area contributed by atoms with Crippen LogP contribution in [0.4, 0.5) is 0 Å². The Labute approximate surface area is 117 Å². The first-order chi connectivity index (χ1) is 8.34. The van der Waals surface area contributed by atoms with E-state index in [9.17, 15) is 0 Å². The highest BCUT2D eigenvalue weighted by Gasteiger charge is 2.33. The van der Waals surface area contributed by atoms with E-state index in [1.54, 1.807) is 0 Å². The highest BCUT2D eigenvalue weighted by atomic mass is 28.3. The zero-order chi connectivity index (χ0) is 14.2. The van der Waals surface area contributed by atoms with Gasteiger partial charge in [-0.05, 0) is 24.5 Å². The van der Waals surface area contributed by atoms with E-state index in [4.69, 9.17) is 0 Å².